The third-order valence-corrected chi connectivity index (χ3v) is 5.30. The van der Waals surface area contributed by atoms with Crippen molar-refractivity contribution in [2.45, 2.75) is 38.5 Å². The fraction of sp³-hybridized carbons (Fsp3) is 0.500. The minimum atomic E-state index is -4.75. The molecule has 1 aromatic carbocycles. The van der Waals surface area contributed by atoms with Crippen molar-refractivity contribution in [3.05, 3.63) is 38.7 Å². The largest absolute Gasteiger partial charge is 0.435 e. The molecule has 0 saturated carbocycles. The van der Waals surface area contributed by atoms with Crippen LogP contribution >= 0.6 is 15.9 Å². The van der Waals surface area contributed by atoms with Crippen LogP contribution in [-0.4, -0.2) is 46.3 Å². The molecule has 1 saturated heterocycles. The van der Waals surface area contributed by atoms with Gasteiger partial charge in [0.1, 0.15) is 6.54 Å². The fourth-order valence-corrected chi connectivity index (χ4v) is 3.81. The molecule has 0 bridgehead atoms. The van der Waals surface area contributed by atoms with E-state index in [0.29, 0.717) is 15.7 Å². The van der Waals surface area contributed by atoms with Gasteiger partial charge in [-0.25, -0.2) is 4.68 Å². The molecule has 3 rings (SSSR count). The fourth-order valence-electron chi connectivity index (χ4n) is 3.44. The Bertz CT molecular complexity index is 945. The molecule has 2 heterocycles. The number of hydrogen-bond acceptors (Lipinski definition) is 4. The summed E-state index contributed by atoms with van der Waals surface area (Å²) in [5, 5.41) is 5.84. The van der Waals surface area contributed by atoms with Crippen LogP contribution in [-0.2, 0) is 17.5 Å². The normalized spacial score (nSPS) is 18.4. The lowest BCUT2D eigenvalue weighted by Crippen LogP contribution is -2.49. The number of aromatic nitrogens is 2. The molecule has 10 heteroatoms. The molecule has 2 aromatic rings. The van der Waals surface area contributed by atoms with E-state index < -0.39 is 29.9 Å². The predicted octanol–water partition coefficient (Wildman–Crippen LogP) is 2.78. The van der Waals surface area contributed by atoms with Gasteiger partial charge >= 0.3 is 6.18 Å². The predicted molar refractivity (Wildman–Crippen MR) is 102 cm³/mol. The van der Waals surface area contributed by atoms with E-state index in [1.807, 2.05) is 6.92 Å². The summed E-state index contributed by atoms with van der Waals surface area (Å²) in [6, 6.07) is 3.90. The number of carbonyl (C=O) groups is 1. The lowest BCUT2D eigenvalue weighted by atomic mass is 10.1. The van der Waals surface area contributed by atoms with Crippen LogP contribution in [0.4, 0.5) is 13.2 Å². The summed E-state index contributed by atoms with van der Waals surface area (Å²) in [5.74, 6) is -0.526. The van der Waals surface area contributed by atoms with Gasteiger partial charge in [-0.2, -0.15) is 18.3 Å². The van der Waals surface area contributed by atoms with Gasteiger partial charge < -0.3 is 10.2 Å². The summed E-state index contributed by atoms with van der Waals surface area (Å²) in [6.07, 6.45) is -3.03. The number of likely N-dealkylation sites (tertiary alicyclic amines) is 1. The Labute approximate surface area is 167 Å². The van der Waals surface area contributed by atoms with Gasteiger partial charge in [0.05, 0.1) is 5.39 Å². The van der Waals surface area contributed by atoms with Crippen molar-refractivity contribution in [3.8, 4) is 0 Å². The molecule has 1 atom stereocenters. The highest BCUT2D eigenvalue weighted by atomic mass is 79.9. The molecule has 1 aliphatic heterocycles. The van der Waals surface area contributed by atoms with Gasteiger partial charge in [-0.3, -0.25) is 9.59 Å². The molecule has 1 aliphatic rings. The zero-order valence-electron chi connectivity index (χ0n) is 15.2. The van der Waals surface area contributed by atoms with Gasteiger partial charge in [0, 0.05) is 22.4 Å². The topological polar surface area (TPSA) is 67.2 Å². The summed E-state index contributed by atoms with van der Waals surface area (Å²) in [6.45, 7) is 3.97. The minimum Gasteiger partial charge on any atom is -0.350 e. The highest BCUT2D eigenvalue weighted by Crippen LogP contribution is 2.33. The molecule has 1 amide bonds. The van der Waals surface area contributed by atoms with E-state index in [1.54, 1.807) is 0 Å². The first-order valence-corrected chi connectivity index (χ1v) is 9.77. The van der Waals surface area contributed by atoms with Crippen LogP contribution in [0.5, 0.6) is 0 Å². The summed E-state index contributed by atoms with van der Waals surface area (Å²) in [7, 11) is 0. The van der Waals surface area contributed by atoms with Crippen molar-refractivity contribution in [2.24, 2.45) is 0 Å². The van der Waals surface area contributed by atoms with E-state index in [2.05, 4.69) is 31.2 Å². The second-order valence-corrected chi connectivity index (χ2v) is 7.71. The second-order valence-electron chi connectivity index (χ2n) is 6.80. The summed E-state index contributed by atoms with van der Waals surface area (Å²) >= 11 is 3.11. The van der Waals surface area contributed by atoms with Crippen molar-refractivity contribution in [3.63, 3.8) is 0 Å². The molecular formula is C18H20BrF3N4O2. The number of carbonyl (C=O) groups excluding carboxylic acids is 1. The first-order valence-electron chi connectivity index (χ1n) is 8.98. The van der Waals surface area contributed by atoms with Crippen molar-refractivity contribution < 1.29 is 18.0 Å². The summed E-state index contributed by atoms with van der Waals surface area (Å²) < 4.78 is 41.4. The first-order chi connectivity index (χ1) is 13.2. The third-order valence-electron chi connectivity index (χ3n) is 4.80. The van der Waals surface area contributed by atoms with Crippen LogP contribution in [0.3, 0.4) is 0 Å². The van der Waals surface area contributed by atoms with Crippen molar-refractivity contribution >= 4 is 32.6 Å². The number of fused-ring (bicyclic) bond motifs is 1. The number of nitrogens with one attached hydrogen (secondary N) is 1. The standard InChI is InChI=1S/C18H20BrF3N4O2/c1-2-25-7-3-4-12(9-25)23-15(27)10-26-17(28)13-6-5-11(19)8-14(13)16(24-26)18(20,21)22/h5-6,8,12H,2-4,7,9-10H2,1H3,(H,23,27)/t12-/m0/s1. The molecule has 1 N–H and O–H groups in total. The van der Waals surface area contributed by atoms with Crippen molar-refractivity contribution in [1.82, 2.24) is 20.0 Å². The molecule has 6 nitrogen and oxygen atoms in total. The number of hydrogen-bond donors (Lipinski definition) is 1. The van der Waals surface area contributed by atoms with Crippen LogP contribution in [0, 0.1) is 0 Å². The van der Waals surface area contributed by atoms with Gasteiger partial charge in [0.25, 0.3) is 5.56 Å². The second kappa shape index (κ2) is 8.20. The van der Waals surface area contributed by atoms with Gasteiger partial charge in [0.2, 0.25) is 5.91 Å². The zero-order valence-corrected chi connectivity index (χ0v) is 16.8. The van der Waals surface area contributed by atoms with Gasteiger partial charge in [-0.1, -0.05) is 22.9 Å². The molecule has 152 valence electrons. The van der Waals surface area contributed by atoms with Crippen LogP contribution in [0.1, 0.15) is 25.5 Å². The van der Waals surface area contributed by atoms with Gasteiger partial charge in [-0.05, 0) is 44.1 Å². The summed E-state index contributed by atoms with van der Waals surface area (Å²) in [5.41, 5.74) is -1.92. The molecule has 28 heavy (non-hydrogen) atoms. The number of halogens is 4. The SMILES string of the molecule is CCN1CCC[C@H](NC(=O)Cn2nc(C(F)(F)F)c3cc(Br)ccc3c2=O)C1. The van der Waals surface area contributed by atoms with Crippen LogP contribution in [0.25, 0.3) is 10.8 Å². The molecule has 0 aliphatic carbocycles. The monoisotopic (exact) mass is 460 g/mol. The number of alkyl halides is 3. The lowest BCUT2D eigenvalue weighted by molar-refractivity contribution is -0.141. The van der Waals surface area contributed by atoms with Crippen molar-refractivity contribution in [2.75, 3.05) is 19.6 Å². The molecule has 0 unspecified atom stereocenters. The maximum Gasteiger partial charge on any atom is 0.435 e. The van der Waals surface area contributed by atoms with E-state index in [0.717, 1.165) is 25.9 Å². The Morgan fingerprint density at radius 2 is 2.11 bits per heavy atom. The van der Waals surface area contributed by atoms with Crippen LogP contribution in [0.2, 0.25) is 0 Å². The number of nitrogens with zero attached hydrogens (tertiary/aromatic N) is 3. The maximum absolute atomic E-state index is 13.5. The third kappa shape index (κ3) is 4.54. The average Bonchev–Trinajstić information content (AvgIpc) is 2.63. The maximum atomic E-state index is 13.5. The highest BCUT2D eigenvalue weighted by Gasteiger charge is 2.36. The smallest absolute Gasteiger partial charge is 0.350 e. The zero-order chi connectivity index (χ0) is 20.5. The highest BCUT2D eigenvalue weighted by molar-refractivity contribution is 9.10. The Kier molecular flexibility index (Phi) is 6.09. The van der Waals surface area contributed by atoms with E-state index in [1.165, 1.54) is 18.2 Å². The minimum absolute atomic E-state index is 0.0876. The Morgan fingerprint density at radius 3 is 2.79 bits per heavy atom. The molecule has 1 aromatic heterocycles. The van der Waals surface area contributed by atoms with E-state index in [-0.39, 0.29) is 16.8 Å². The number of rotatable bonds is 4. The number of piperidine rings is 1. The Balaban J connectivity index is 1.88. The van der Waals surface area contributed by atoms with Gasteiger partial charge in [-0.15, -0.1) is 0 Å². The number of likely N-dealkylation sites (N-methyl/N-ethyl adjacent to an activating group) is 1. The molecular weight excluding hydrogens is 441 g/mol. The van der Waals surface area contributed by atoms with E-state index in [4.69, 9.17) is 0 Å². The Hall–Kier alpha value is -1.94. The van der Waals surface area contributed by atoms with Crippen LogP contribution < -0.4 is 10.9 Å². The number of benzene rings is 1. The van der Waals surface area contributed by atoms with Gasteiger partial charge in [0.15, 0.2) is 5.69 Å². The number of amides is 1. The van der Waals surface area contributed by atoms with Crippen molar-refractivity contribution in [1.29, 1.82) is 0 Å². The van der Waals surface area contributed by atoms with Crippen LogP contribution in [0.15, 0.2) is 27.5 Å². The van der Waals surface area contributed by atoms with E-state index in [9.17, 15) is 22.8 Å². The van der Waals surface area contributed by atoms with E-state index >= 15 is 0 Å². The Morgan fingerprint density at radius 1 is 1.36 bits per heavy atom. The average molecular weight is 461 g/mol. The molecule has 0 radical (unpaired) electrons. The molecule has 1 fully saturated rings. The quantitative estimate of drug-likeness (QED) is 0.761. The lowest BCUT2D eigenvalue weighted by Gasteiger charge is -2.32. The summed E-state index contributed by atoms with van der Waals surface area (Å²) in [4.78, 5) is 27.1. The first kappa shape index (κ1) is 20.8. The molecule has 0 spiro atoms.